The summed E-state index contributed by atoms with van der Waals surface area (Å²) in [5, 5.41) is 1.06. The van der Waals surface area contributed by atoms with Gasteiger partial charge >= 0.3 is 0 Å². The molecule has 0 aliphatic carbocycles. The Morgan fingerprint density at radius 3 is 2.46 bits per heavy atom. The number of nitrogens with two attached hydrogens (primary N) is 1. The Balaban J connectivity index is 1.30. The molecule has 3 heterocycles. The summed E-state index contributed by atoms with van der Waals surface area (Å²) in [6.07, 6.45) is 5.97. The topological polar surface area (TPSA) is 71.7 Å². The average Bonchev–Trinajstić information content (AvgIpc) is 3.58. The summed E-state index contributed by atoms with van der Waals surface area (Å²) in [6, 6.07) is 15.2. The van der Waals surface area contributed by atoms with Gasteiger partial charge in [0.2, 0.25) is 0 Å². The Morgan fingerprint density at radius 1 is 1.05 bits per heavy atom. The van der Waals surface area contributed by atoms with Gasteiger partial charge in [0.15, 0.2) is 11.6 Å². The van der Waals surface area contributed by atoms with Crippen molar-refractivity contribution in [3.05, 3.63) is 75.9 Å². The van der Waals surface area contributed by atoms with Crippen molar-refractivity contribution in [3.8, 4) is 16.9 Å². The van der Waals surface area contributed by atoms with Crippen LogP contribution in [0, 0.1) is 0 Å². The number of amides is 1. The normalized spacial score (nSPS) is 18.8. The number of likely N-dealkylation sites (tertiary alicyclic amines) is 2. The first-order valence-electron chi connectivity index (χ1n) is 12.9. The maximum absolute atomic E-state index is 13.3. The standard InChI is InChI=1S/C29H32Cl2N4O2/c1-19(27-24(30)7-4-8-25(27)31)37-26-16-22(17-33-28(26)32)20-9-11-21(12-10-20)29(36)35-15-5-6-23(35)18-34-13-2-3-14-34/h4,7-12,16-17,19,23H,2-3,5-6,13-15,18H2,1H3,(H2,32,33). The van der Waals surface area contributed by atoms with Crippen LogP contribution in [-0.4, -0.2) is 52.9 Å². The van der Waals surface area contributed by atoms with Gasteiger partial charge in [0.1, 0.15) is 6.10 Å². The Hall–Kier alpha value is -2.80. The van der Waals surface area contributed by atoms with E-state index in [2.05, 4.69) is 14.8 Å². The first-order chi connectivity index (χ1) is 17.9. The molecule has 2 aliphatic rings. The molecule has 2 unspecified atom stereocenters. The van der Waals surface area contributed by atoms with Gasteiger partial charge < -0.3 is 20.3 Å². The highest BCUT2D eigenvalue weighted by atomic mass is 35.5. The molecule has 2 atom stereocenters. The third kappa shape index (κ3) is 5.71. The predicted molar refractivity (Wildman–Crippen MR) is 149 cm³/mol. The number of hydrogen-bond acceptors (Lipinski definition) is 5. The molecule has 3 aromatic rings. The molecule has 1 amide bonds. The van der Waals surface area contributed by atoms with E-state index in [-0.39, 0.29) is 11.7 Å². The van der Waals surface area contributed by atoms with Gasteiger partial charge in [-0.3, -0.25) is 4.79 Å². The van der Waals surface area contributed by atoms with Gasteiger partial charge in [-0.25, -0.2) is 4.98 Å². The van der Waals surface area contributed by atoms with Crippen molar-refractivity contribution in [3.63, 3.8) is 0 Å². The number of anilines is 1. The van der Waals surface area contributed by atoms with Crippen molar-refractivity contribution in [2.45, 2.75) is 44.8 Å². The van der Waals surface area contributed by atoms with Gasteiger partial charge in [-0.05, 0) is 81.6 Å². The fraction of sp³-hybridized carbons (Fsp3) is 0.379. The zero-order chi connectivity index (χ0) is 25.9. The van der Waals surface area contributed by atoms with Crippen LogP contribution in [0.4, 0.5) is 5.82 Å². The van der Waals surface area contributed by atoms with E-state index in [0.29, 0.717) is 33.0 Å². The van der Waals surface area contributed by atoms with E-state index in [9.17, 15) is 4.79 Å². The molecule has 2 fully saturated rings. The molecule has 37 heavy (non-hydrogen) atoms. The Bertz CT molecular complexity index is 1240. The van der Waals surface area contributed by atoms with Crippen LogP contribution >= 0.6 is 23.2 Å². The molecule has 0 saturated carbocycles. The summed E-state index contributed by atoms with van der Waals surface area (Å²) in [5.74, 6) is 0.838. The van der Waals surface area contributed by atoms with Crippen molar-refractivity contribution in [2.75, 3.05) is 31.9 Å². The van der Waals surface area contributed by atoms with E-state index >= 15 is 0 Å². The number of nitrogens with zero attached hydrogens (tertiary/aromatic N) is 3. The molecule has 194 valence electrons. The molecule has 2 saturated heterocycles. The van der Waals surface area contributed by atoms with Gasteiger partial charge in [0.25, 0.3) is 5.91 Å². The smallest absolute Gasteiger partial charge is 0.254 e. The lowest BCUT2D eigenvalue weighted by Gasteiger charge is -2.28. The quantitative estimate of drug-likeness (QED) is 0.372. The molecule has 0 spiro atoms. The third-order valence-corrected chi connectivity index (χ3v) is 8.02. The summed E-state index contributed by atoms with van der Waals surface area (Å²) in [6.45, 7) is 5.99. The number of ether oxygens (including phenoxy) is 1. The van der Waals surface area contributed by atoms with Crippen LogP contribution in [0.3, 0.4) is 0 Å². The number of hydrogen-bond donors (Lipinski definition) is 1. The number of carbonyl (C=O) groups is 1. The Morgan fingerprint density at radius 2 is 1.76 bits per heavy atom. The number of nitrogen functional groups attached to an aromatic ring is 1. The minimum Gasteiger partial charge on any atom is -0.482 e. The zero-order valence-corrected chi connectivity index (χ0v) is 22.5. The molecule has 5 rings (SSSR count). The first-order valence-corrected chi connectivity index (χ1v) is 13.7. The van der Waals surface area contributed by atoms with Gasteiger partial charge in [-0.1, -0.05) is 41.4 Å². The Labute approximate surface area is 228 Å². The number of pyridine rings is 1. The van der Waals surface area contributed by atoms with E-state index in [0.717, 1.165) is 50.1 Å². The van der Waals surface area contributed by atoms with Gasteiger partial charge in [-0.2, -0.15) is 0 Å². The van der Waals surface area contributed by atoms with E-state index in [1.165, 1.54) is 12.8 Å². The fourth-order valence-corrected chi connectivity index (χ4v) is 6.09. The molecule has 2 aliphatic heterocycles. The second kappa shape index (κ2) is 11.3. The van der Waals surface area contributed by atoms with Crippen LogP contribution in [0.15, 0.2) is 54.7 Å². The maximum atomic E-state index is 13.3. The molecule has 2 N–H and O–H groups in total. The lowest BCUT2D eigenvalue weighted by molar-refractivity contribution is 0.0709. The van der Waals surface area contributed by atoms with Crippen LogP contribution < -0.4 is 10.5 Å². The van der Waals surface area contributed by atoms with Crippen molar-refractivity contribution < 1.29 is 9.53 Å². The van der Waals surface area contributed by atoms with Crippen LogP contribution in [0.25, 0.3) is 11.1 Å². The molecule has 6 nitrogen and oxygen atoms in total. The lowest BCUT2D eigenvalue weighted by atomic mass is 10.0. The van der Waals surface area contributed by atoms with Crippen molar-refractivity contribution in [1.82, 2.24) is 14.8 Å². The second-order valence-corrected chi connectivity index (χ2v) is 10.7. The Kier molecular flexibility index (Phi) is 7.89. The van der Waals surface area contributed by atoms with Crippen LogP contribution in [0.1, 0.15) is 54.6 Å². The molecule has 1 aromatic heterocycles. The summed E-state index contributed by atoms with van der Waals surface area (Å²) < 4.78 is 6.13. The third-order valence-electron chi connectivity index (χ3n) is 7.36. The van der Waals surface area contributed by atoms with E-state index in [1.807, 2.05) is 37.3 Å². The molecular weight excluding hydrogens is 507 g/mol. The molecular formula is C29H32Cl2N4O2. The van der Waals surface area contributed by atoms with Gasteiger partial charge in [-0.15, -0.1) is 0 Å². The van der Waals surface area contributed by atoms with Crippen LogP contribution in [0.5, 0.6) is 5.75 Å². The fourth-order valence-electron chi connectivity index (χ4n) is 5.38. The van der Waals surface area contributed by atoms with Gasteiger partial charge in [0.05, 0.1) is 0 Å². The number of aromatic nitrogens is 1. The minimum absolute atomic E-state index is 0.109. The molecule has 0 bridgehead atoms. The summed E-state index contributed by atoms with van der Waals surface area (Å²) >= 11 is 12.7. The highest BCUT2D eigenvalue weighted by Gasteiger charge is 2.31. The van der Waals surface area contributed by atoms with E-state index < -0.39 is 6.10 Å². The summed E-state index contributed by atoms with van der Waals surface area (Å²) in [7, 11) is 0. The number of carbonyl (C=O) groups excluding carboxylic acids is 1. The predicted octanol–water partition coefficient (Wildman–Crippen LogP) is 6.48. The number of benzene rings is 2. The average molecular weight is 540 g/mol. The summed E-state index contributed by atoms with van der Waals surface area (Å²) in [5.41, 5.74) is 9.29. The van der Waals surface area contributed by atoms with Crippen LogP contribution in [-0.2, 0) is 0 Å². The largest absolute Gasteiger partial charge is 0.482 e. The van der Waals surface area contributed by atoms with E-state index in [4.69, 9.17) is 33.7 Å². The number of halogens is 2. The van der Waals surface area contributed by atoms with E-state index in [1.54, 1.807) is 24.4 Å². The maximum Gasteiger partial charge on any atom is 0.254 e. The molecule has 0 radical (unpaired) electrons. The lowest BCUT2D eigenvalue weighted by Crippen LogP contribution is -2.42. The zero-order valence-electron chi connectivity index (χ0n) is 21.0. The minimum atomic E-state index is -0.422. The monoisotopic (exact) mass is 538 g/mol. The van der Waals surface area contributed by atoms with Crippen molar-refractivity contribution in [1.29, 1.82) is 0 Å². The van der Waals surface area contributed by atoms with Crippen LogP contribution in [0.2, 0.25) is 10.0 Å². The van der Waals surface area contributed by atoms with Gasteiger partial charge in [0, 0.05) is 52.1 Å². The van der Waals surface area contributed by atoms with Crippen molar-refractivity contribution in [2.24, 2.45) is 0 Å². The highest BCUT2D eigenvalue weighted by Crippen LogP contribution is 2.36. The SMILES string of the molecule is CC(Oc1cc(-c2ccc(C(=O)N3CCCC3CN3CCCC3)cc2)cnc1N)c1c(Cl)cccc1Cl. The molecule has 2 aromatic carbocycles. The second-order valence-electron chi connectivity index (χ2n) is 9.88. The summed E-state index contributed by atoms with van der Waals surface area (Å²) in [4.78, 5) is 22.2. The highest BCUT2D eigenvalue weighted by molar-refractivity contribution is 6.36. The van der Waals surface area contributed by atoms with Crippen molar-refractivity contribution >= 4 is 34.9 Å². The first kappa shape index (κ1) is 25.8. The molecule has 8 heteroatoms. The number of rotatable bonds is 7.